The molecule has 0 aliphatic heterocycles. The SMILES string of the molecule is CC(C)Cc1nc(CSc2nc(N)c3ccsc3n2)no1. The lowest BCUT2D eigenvalue weighted by Gasteiger charge is -2.00. The average Bonchev–Trinajstić information content (AvgIpc) is 3.04. The first-order valence-electron chi connectivity index (χ1n) is 6.57. The molecule has 0 bridgehead atoms. The molecule has 21 heavy (non-hydrogen) atoms. The van der Waals surface area contributed by atoms with E-state index < -0.39 is 0 Å². The molecular weight excluding hydrogens is 306 g/mol. The molecule has 0 spiro atoms. The van der Waals surface area contributed by atoms with Crippen LogP contribution >= 0.6 is 23.1 Å². The molecule has 0 amide bonds. The molecule has 0 saturated carbocycles. The van der Waals surface area contributed by atoms with E-state index in [9.17, 15) is 0 Å². The van der Waals surface area contributed by atoms with E-state index >= 15 is 0 Å². The van der Waals surface area contributed by atoms with E-state index in [-0.39, 0.29) is 0 Å². The Morgan fingerprint density at radius 1 is 1.33 bits per heavy atom. The second kappa shape index (κ2) is 5.98. The molecule has 0 radical (unpaired) electrons. The fourth-order valence-corrected chi connectivity index (χ4v) is 3.36. The largest absolute Gasteiger partial charge is 0.383 e. The summed E-state index contributed by atoms with van der Waals surface area (Å²) >= 11 is 3.01. The van der Waals surface area contributed by atoms with Gasteiger partial charge < -0.3 is 10.3 Å². The molecule has 2 N–H and O–H groups in total. The molecule has 6 nitrogen and oxygen atoms in total. The van der Waals surface area contributed by atoms with Crippen LogP contribution in [-0.2, 0) is 12.2 Å². The van der Waals surface area contributed by atoms with E-state index in [2.05, 4.69) is 34.0 Å². The molecule has 0 aromatic carbocycles. The zero-order valence-electron chi connectivity index (χ0n) is 11.7. The summed E-state index contributed by atoms with van der Waals surface area (Å²) in [6.07, 6.45) is 0.794. The van der Waals surface area contributed by atoms with Crippen LogP contribution in [0, 0.1) is 5.92 Å². The number of nitrogen functional groups attached to an aromatic ring is 1. The third kappa shape index (κ3) is 3.33. The van der Waals surface area contributed by atoms with Crippen LogP contribution in [0.1, 0.15) is 25.6 Å². The monoisotopic (exact) mass is 321 g/mol. The Labute approximate surface area is 130 Å². The zero-order valence-corrected chi connectivity index (χ0v) is 13.4. The lowest BCUT2D eigenvalue weighted by Crippen LogP contribution is -1.96. The van der Waals surface area contributed by atoms with E-state index in [1.54, 1.807) is 11.3 Å². The van der Waals surface area contributed by atoms with E-state index in [1.807, 2.05) is 11.4 Å². The quantitative estimate of drug-likeness (QED) is 0.570. The van der Waals surface area contributed by atoms with E-state index in [0.717, 1.165) is 16.6 Å². The van der Waals surface area contributed by atoms with Gasteiger partial charge in [0.2, 0.25) is 5.89 Å². The van der Waals surface area contributed by atoms with Crippen molar-refractivity contribution in [2.75, 3.05) is 5.73 Å². The van der Waals surface area contributed by atoms with Gasteiger partial charge in [-0.2, -0.15) is 4.98 Å². The molecule has 8 heteroatoms. The molecule has 0 aliphatic carbocycles. The predicted octanol–water partition coefficient (Wildman–Crippen LogP) is 3.15. The third-order valence-corrected chi connectivity index (χ3v) is 4.41. The van der Waals surface area contributed by atoms with Crippen LogP contribution in [0.15, 0.2) is 21.1 Å². The molecule has 3 heterocycles. The van der Waals surface area contributed by atoms with Crippen molar-refractivity contribution in [2.45, 2.75) is 31.2 Å². The lowest BCUT2D eigenvalue weighted by atomic mass is 10.1. The van der Waals surface area contributed by atoms with Crippen molar-refractivity contribution in [3.63, 3.8) is 0 Å². The molecule has 0 atom stereocenters. The Morgan fingerprint density at radius 2 is 2.19 bits per heavy atom. The van der Waals surface area contributed by atoms with E-state index in [4.69, 9.17) is 10.3 Å². The van der Waals surface area contributed by atoms with Gasteiger partial charge in [0, 0.05) is 6.42 Å². The summed E-state index contributed by atoms with van der Waals surface area (Å²) in [5, 5.41) is 7.47. The molecule has 0 saturated heterocycles. The minimum Gasteiger partial charge on any atom is -0.383 e. The number of fused-ring (bicyclic) bond motifs is 1. The number of nitrogens with zero attached hydrogens (tertiary/aromatic N) is 4. The van der Waals surface area contributed by atoms with Gasteiger partial charge in [0.15, 0.2) is 11.0 Å². The summed E-state index contributed by atoms with van der Waals surface area (Å²) in [4.78, 5) is 14.0. The molecular formula is C13H15N5OS2. The molecule has 110 valence electrons. The maximum Gasteiger partial charge on any atom is 0.226 e. The maximum absolute atomic E-state index is 5.92. The number of rotatable bonds is 5. The highest BCUT2D eigenvalue weighted by molar-refractivity contribution is 7.98. The Kier molecular flexibility index (Phi) is 4.07. The first-order chi connectivity index (χ1) is 10.1. The summed E-state index contributed by atoms with van der Waals surface area (Å²) < 4.78 is 5.21. The number of thiophene rings is 1. The molecule has 3 aromatic rings. The molecule has 0 unspecified atom stereocenters. The molecule has 0 fully saturated rings. The van der Waals surface area contributed by atoms with Crippen molar-refractivity contribution in [3.8, 4) is 0 Å². The predicted molar refractivity (Wildman–Crippen MR) is 84.2 cm³/mol. The highest BCUT2D eigenvalue weighted by Crippen LogP contribution is 2.27. The number of thioether (sulfide) groups is 1. The first kappa shape index (κ1) is 14.3. The minimum atomic E-state index is 0.496. The number of anilines is 1. The number of hydrogen-bond donors (Lipinski definition) is 1. The molecule has 0 aliphatic rings. The van der Waals surface area contributed by atoms with Crippen molar-refractivity contribution in [1.82, 2.24) is 20.1 Å². The van der Waals surface area contributed by atoms with Crippen LogP contribution in [0.2, 0.25) is 0 Å². The highest BCUT2D eigenvalue weighted by Gasteiger charge is 2.11. The first-order valence-corrected chi connectivity index (χ1v) is 8.43. The van der Waals surface area contributed by atoms with Crippen LogP contribution in [0.3, 0.4) is 0 Å². The second-order valence-electron chi connectivity index (χ2n) is 5.02. The Morgan fingerprint density at radius 3 is 3.00 bits per heavy atom. The van der Waals surface area contributed by atoms with Crippen LogP contribution in [0.25, 0.3) is 10.2 Å². The zero-order chi connectivity index (χ0) is 14.8. The number of aromatic nitrogens is 4. The second-order valence-corrected chi connectivity index (χ2v) is 6.86. The Balaban J connectivity index is 1.69. The van der Waals surface area contributed by atoms with Gasteiger partial charge in [-0.15, -0.1) is 11.3 Å². The van der Waals surface area contributed by atoms with Crippen LogP contribution in [0.4, 0.5) is 5.82 Å². The fraction of sp³-hybridized carbons (Fsp3) is 0.385. The van der Waals surface area contributed by atoms with Crippen LogP contribution in [-0.4, -0.2) is 20.1 Å². The van der Waals surface area contributed by atoms with Gasteiger partial charge in [-0.05, 0) is 17.4 Å². The fourth-order valence-electron chi connectivity index (χ4n) is 1.83. The summed E-state index contributed by atoms with van der Waals surface area (Å²) in [5.74, 6) is 2.91. The number of nitrogens with two attached hydrogens (primary N) is 1. The van der Waals surface area contributed by atoms with Crippen molar-refractivity contribution in [2.24, 2.45) is 5.92 Å². The molecule has 3 rings (SSSR count). The normalized spacial score (nSPS) is 11.6. The van der Waals surface area contributed by atoms with Crippen molar-refractivity contribution >= 4 is 39.1 Å². The summed E-state index contributed by atoms with van der Waals surface area (Å²) in [6.45, 7) is 4.23. The van der Waals surface area contributed by atoms with Crippen molar-refractivity contribution in [1.29, 1.82) is 0 Å². The van der Waals surface area contributed by atoms with Crippen LogP contribution in [0.5, 0.6) is 0 Å². The molecule has 3 aromatic heterocycles. The highest BCUT2D eigenvalue weighted by atomic mass is 32.2. The maximum atomic E-state index is 5.92. The van der Waals surface area contributed by atoms with Gasteiger partial charge >= 0.3 is 0 Å². The van der Waals surface area contributed by atoms with Crippen LogP contribution < -0.4 is 5.73 Å². The topological polar surface area (TPSA) is 90.7 Å². The summed E-state index contributed by atoms with van der Waals surface area (Å²) in [5.41, 5.74) is 5.92. The van der Waals surface area contributed by atoms with Gasteiger partial charge in [0.05, 0.1) is 11.1 Å². The standard InChI is InChI=1S/C13H15N5OS2/c1-7(2)5-10-15-9(18-19-10)6-21-13-16-11(14)8-3-4-20-12(8)17-13/h3-4,7H,5-6H2,1-2H3,(H2,14,16,17). The van der Waals surface area contributed by atoms with Gasteiger partial charge in [-0.25, -0.2) is 9.97 Å². The summed E-state index contributed by atoms with van der Waals surface area (Å²) in [7, 11) is 0. The number of hydrogen-bond acceptors (Lipinski definition) is 8. The lowest BCUT2D eigenvalue weighted by molar-refractivity contribution is 0.360. The van der Waals surface area contributed by atoms with E-state index in [0.29, 0.717) is 34.4 Å². The van der Waals surface area contributed by atoms with Crippen molar-refractivity contribution in [3.05, 3.63) is 23.2 Å². The minimum absolute atomic E-state index is 0.496. The van der Waals surface area contributed by atoms with Gasteiger partial charge in [-0.3, -0.25) is 0 Å². The Bertz CT molecular complexity index is 752. The van der Waals surface area contributed by atoms with Crippen molar-refractivity contribution < 1.29 is 4.52 Å². The third-order valence-electron chi connectivity index (χ3n) is 2.76. The Hall–Kier alpha value is -1.67. The van der Waals surface area contributed by atoms with Gasteiger partial charge in [0.25, 0.3) is 0 Å². The summed E-state index contributed by atoms with van der Waals surface area (Å²) in [6, 6.07) is 1.93. The van der Waals surface area contributed by atoms with Gasteiger partial charge in [-0.1, -0.05) is 30.8 Å². The van der Waals surface area contributed by atoms with E-state index in [1.165, 1.54) is 11.8 Å². The average molecular weight is 321 g/mol. The smallest absolute Gasteiger partial charge is 0.226 e. The van der Waals surface area contributed by atoms with Gasteiger partial charge in [0.1, 0.15) is 10.6 Å².